The normalized spacial score (nSPS) is 10.5. The maximum absolute atomic E-state index is 13.0. The SMILES string of the molecule is O=C(Nc1cccc(Oc2cnccn2)c1)c1cccc(-n2nccc2-c2ccccc2)c1. The highest BCUT2D eigenvalue weighted by atomic mass is 16.5. The highest BCUT2D eigenvalue weighted by Gasteiger charge is 2.12. The molecule has 2 aromatic heterocycles. The second-order valence-corrected chi connectivity index (χ2v) is 7.17. The van der Waals surface area contributed by atoms with Crippen molar-refractivity contribution < 1.29 is 9.53 Å². The number of nitrogens with zero attached hydrogens (tertiary/aromatic N) is 4. The van der Waals surface area contributed by atoms with Gasteiger partial charge >= 0.3 is 0 Å². The first kappa shape index (κ1) is 20.1. The quantitative estimate of drug-likeness (QED) is 0.389. The van der Waals surface area contributed by atoms with Crippen molar-refractivity contribution in [1.82, 2.24) is 19.7 Å². The molecule has 0 fully saturated rings. The Morgan fingerprint density at radius 3 is 2.58 bits per heavy atom. The topological polar surface area (TPSA) is 81.9 Å². The fraction of sp³-hybridized carbons (Fsp3) is 0. The van der Waals surface area contributed by atoms with Crippen LogP contribution >= 0.6 is 0 Å². The number of ether oxygens (including phenoxy) is 1. The van der Waals surface area contributed by atoms with Crippen LogP contribution in [0.5, 0.6) is 11.6 Å². The molecule has 3 aromatic carbocycles. The van der Waals surface area contributed by atoms with Crippen LogP contribution in [0.2, 0.25) is 0 Å². The fourth-order valence-corrected chi connectivity index (χ4v) is 3.41. The third-order valence-corrected chi connectivity index (χ3v) is 4.92. The molecule has 7 heteroatoms. The van der Waals surface area contributed by atoms with E-state index in [0.29, 0.717) is 22.9 Å². The summed E-state index contributed by atoms with van der Waals surface area (Å²) < 4.78 is 7.51. The largest absolute Gasteiger partial charge is 0.437 e. The first-order valence-corrected chi connectivity index (χ1v) is 10.3. The molecule has 1 N–H and O–H groups in total. The molecule has 0 atom stereocenters. The summed E-state index contributed by atoms with van der Waals surface area (Å²) in [7, 11) is 0. The van der Waals surface area contributed by atoms with Gasteiger partial charge in [-0.25, -0.2) is 9.67 Å². The summed E-state index contributed by atoms with van der Waals surface area (Å²) in [5.74, 6) is 0.690. The molecule has 0 radical (unpaired) electrons. The van der Waals surface area contributed by atoms with Gasteiger partial charge in [-0.05, 0) is 36.4 Å². The lowest BCUT2D eigenvalue weighted by atomic mass is 10.1. The van der Waals surface area contributed by atoms with E-state index in [1.807, 2.05) is 59.3 Å². The molecule has 1 amide bonds. The molecular formula is C26H19N5O2. The van der Waals surface area contributed by atoms with Crippen LogP contribution < -0.4 is 10.1 Å². The Morgan fingerprint density at radius 1 is 0.848 bits per heavy atom. The predicted molar refractivity (Wildman–Crippen MR) is 126 cm³/mol. The predicted octanol–water partition coefficient (Wildman–Crippen LogP) is 5.37. The molecule has 5 aromatic rings. The van der Waals surface area contributed by atoms with Crippen LogP contribution in [0, 0.1) is 0 Å². The van der Waals surface area contributed by atoms with E-state index in [1.54, 1.807) is 48.9 Å². The van der Waals surface area contributed by atoms with Gasteiger partial charge in [0.1, 0.15) is 5.75 Å². The monoisotopic (exact) mass is 433 g/mol. The lowest BCUT2D eigenvalue weighted by Gasteiger charge is -2.11. The van der Waals surface area contributed by atoms with Crippen molar-refractivity contribution in [3.05, 3.63) is 115 Å². The number of carbonyl (C=O) groups is 1. The Balaban J connectivity index is 1.36. The zero-order valence-corrected chi connectivity index (χ0v) is 17.5. The van der Waals surface area contributed by atoms with Gasteiger partial charge < -0.3 is 10.1 Å². The van der Waals surface area contributed by atoms with E-state index < -0.39 is 0 Å². The van der Waals surface area contributed by atoms with Crippen molar-refractivity contribution in [2.45, 2.75) is 0 Å². The molecule has 160 valence electrons. The number of rotatable bonds is 6. The molecule has 0 saturated heterocycles. The molecule has 0 spiro atoms. The van der Waals surface area contributed by atoms with Crippen LogP contribution in [0.3, 0.4) is 0 Å². The standard InChI is InChI=1S/C26H19N5O2/c32-26(30-21-9-5-11-23(17-21)33-25-18-27-14-15-28-25)20-8-4-10-22(16-20)31-24(12-13-29-31)19-6-2-1-3-7-19/h1-18H,(H,30,32). The summed E-state index contributed by atoms with van der Waals surface area (Å²) in [6.45, 7) is 0. The molecule has 0 unspecified atom stereocenters. The number of hydrogen-bond donors (Lipinski definition) is 1. The van der Waals surface area contributed by atoms with E-state index in [1.165, 1.54) is 6.20 Å². The first-order valence-electron chi connectivity index (χ1n) is 10.3. The van der Waals surface area contributed by atoms with Crippen molar-refractivity contribution >= 4 is 11.6 Å². The highest BCUT2D eigenvalue weighted by molar-refractivity contribution is 6.04. The molecule has 33 heavy (non-hydrogen) atoms. The second-order valence-electron chi connectivity index (χ2n) is 7.17. The zero-order valence-electron chi connectivity index (χ0n) is 17.5. The summed E-state index contributed by atoms with van der Waals surface area (Å²) in [5.41, 5.74) is 3.91. The van der Waals surface area contributed by atoms with Gasteiger partial charge in [0.15, 0.2) is 0 Å². The van der Waals surface area contributed by atoms with Crippen molar-refractivity contribution in [2.24, 2.45) is 0 Å². The van der Waals surface area contributed by atoms with Gasteiger partial charge in [0.05, 0.1) is 23.8 Å². The van der Waals surface area contributed by atoms with Crippen LogP contribution in [0.1, 0.15) is 10.4 Å². The highest BCUT2D eigenvalue weighted by Crippen LogP contribution is 2.24. The summed E-state index contributed by atoms with van der Waals surface area (Å²) in [6.07, 6.45) is 6.40. The molecule has 0 aliphatic carbocycles. The van der Waals surface area contributed by atoms with Crippen molar-refractivity contribution in [3.63, 3.8) is 0 Å². The lowest BCUT2D eigenvalue weighted by Crippen LogP contribution is -2.12. The zero-order chi connectivity index (χ0) is 22.5. The second kappa shape index (κ2) is 9.15. The molecule has 0 bridgehead atoms. The molecule has 0 aliphatic rings. The van der Waals surface area contributed by atoms with Crippen molar-refractivity contribution in [3.8, 4) is 28.6 Å². The van der Waals surface area contributed by atoms with Gasteiger partial charge in [-0.2, -0.15) is 5.10 Å². The number of nitrogens with one attached hydrogen (secondary N) is 1. The van der Waals surface area contributed by atoms with Crippen LogP contribution in [0.4, 0.5) is 5.69 Å². The third kappa shape index (κ3) is 4.62. The molecular weight excluding hydrogens is 414 g/mol. The first-order chi connectivity index (χ1) is 16.3. The number of hydrogen-bond acceptors (Lipinski definition) is 5. The molecule has 0 saturated carbocycles. The van der Waals surface area contributed by atoms with Gasteiger partial charge in [-0.15, -0.1) is 0 Å². The van der Waals surface area contributed by atoms with Gasteiger partial charge in [0.25, 0.3) is 5.91 Å². The number of anilines is 1. The van der Waals surface area contributed by atoms with Crippen LogP contribution in [-0.2, 0) is 0 Å². The summed E-state index contributed by atoms with van der Waals surface area (Å²) in [6, 6.07) is 26.4. The smallest absolute Gasteiger partial charge is 0.255 e. The maximum atomic E-state index is 13.0. The summed E-state index contributed by atoms with van der Waals surface area (Å²) >= 11 is 0. The van der Waals surface area contributed by atoms with Crippen molar-refractivity contribution in [1.29, 1.82) is 0 Å². The molecule has 0 aliphatic heterocycles. The van der Waals surface area contributed by atoms with Gasteiger partial charge in [0.2, 0.25) is 5.88 Å². The minimum atomic E-state index is -0.234. The summed E-state index contributed by atoms with van der Waals surface area (Å²) in [5, 5.41) is 7.37. The molecule has 5 rings (SSSR count). The van der Waals surface area contributed by atoms with Gasteiger partial charge in [-0.3, -0.25) is 9.78 Å². The van der Waals surface area contributed by atoms with E-state index >= 15 is 0 Å². The average molecular weight is 433 g/mol. The minimum absolute atomic E-state index is 0.234. The number of carbonyl (C=O) groups excluding carboxylic acids is 1. The number of aromatic nitrogens is 4. The van der Waals surface area contributed by atoms with E-state index in [2.05, 4.69) is 20.4 Å². The lowest BCUT2D eigenvalue weighted by molar-refractivity contribution is 0.102. The summed E-state index contributed by atoms with van der Waals surface area (Å²) in [4.78, 5) is 21.0. The van der Waals surface area contributed by atoms with Gasteiger partial charge in [-0.1, -0.05) is 42.5 Å². The van der Waals surface area contributed by atoms with E-state index in [-0.39, 0.29) is 5.91 Å². The fourth-order valence-electron chi connectivity index (χ4n) is 3.41. The molecule has 2 heterocycles. The van der Waals surface area contributed by atoms with Crippen molar-refractivity contribution in [2.75, 3.05) is 5.32 Å². The van der Waals surface area contributed by atoms with E-state index in [0.717, 1.165) is 16.9 Å². The van der Waals surface area contributed by atoms with E-state index in [9.17, 15) is 4.79 Å². The number of amides is 1. The third-order valence-electron chi connectivity index (χ3n) is 4.92. The average Bonchev–Trinajstić information content (AvgIpc) is 3.36. The van der Waals surface area contributed by atoms with Crippen LogP contribution in [0.15, 0.2) is 110 Å². The van der Waals surface area contributed by atoms with Crippen LogP contribution in [-0.4, -0.2) is 25.7 Å². The minimum Gasteiger partial charge on any atom is -0.437 e. The Labute approximate surface area is 190 Å². The number of benzene rings is 3. The van der Waals surface area contributed by atoms with Gasteiger partial charge in [0, 0.05) is 35.3 Å². The van der Waals surface area contributed by atoms with E-state index in [4.69, 9.17) is 4.74 Å². The Bertz CT molecular complexity index is 1380. The van der Waals surface area contributed by atoms with Crippen LogP contribution in [0.25, 0.3) is 16.9 Å². The Morgan fingerprint density at radius 2 is 1.73 bits per heavy atom. The molecule has 7 nitrogen and oxygen atoms in total. The Kier molecular flexibility index (Phi) is 5.59. The Hall–Kier alpha value is -4.78. The maximum Gasteiger partial charge on any atom is 0.255 e.